The van der Waals surface area contributed by atoms with Crippen molar-refractivity contribution >= 4 is 0 Å². The van der Waals surface area contributed by atoms with Crippen LogP contribution in [-0.2, 0) is 6.42 Å². The first-order valence-corrected chi connectivity index (χ1v) is 5.29. The van der Waals surface area contributed by atoms with Crippen molar-refractivity contribution in [2.24, 2.45) is 0 Å². The first-order chi connectivity index (χ1) is 6.79. The molecule has 78 valence electrons. The summed E-state index contributed by atoms with van der Waals surface area (Å²) in [7, 11) is 1.94. The Morgan fingerprint density at radius 1 is 1.57 bits per heavy atom. The highest BCUT2D eigenvalue weighted by molar-refractivity contribution is 4.98. The molecule has 0 bridgehead atoms. The van der Waals surface area contributed by atoms with Crippen LogP contribution in [0.5, 0.6) is 0 Å². The van der Waals surface area contributed by atoms with Gasteiger partial charge in [0.15, 0.2) is 5.82 Å². The van der Waals surface area contributed by atoms with E-state index in [2.05, 4.69) is 22.4 Å². The molecule has 0 saturated heterocycles. The van der Waals surface area contributed by atoms with E-state index < -0.39 is 0 Å². The van der Waals surface area contributed by atoms with E-state index in [1.165, 1.54) is 19.3 Å². The van der Waals surface area contributed by atoms with Gasteiger partial charge in [-0.05, 0) is 26.8 Å². The van der Waals surface area contributed by atoms with Gasteiger partial charge < -0.3 is 9.84 Å². The van der Waals surface area contributed by atoms with Crippen LogP contribution >= 0.6 is 0 Å². The van der Waals surface area contributed by atoms with Crippen molar-refractivity contribution in [1.29, 1.82) is 0 Å². The summed E-state index contributed by atoms with van der Waals surface area (Å²) in [5.41, 5.74) is 0. The molecular formula is C10H17N3O. The molecule has 1 aromatic heterocycles. The number of aromatic nitrogens is 2. The molecule has 1 atom stereocenters. The maximum absolute atomic E-state index is 5.23. The van der Waals surface area contributed by atoms with Gasteiger partial charge in [-0.25, -0.2) is 0 Å². The smallest absolute Gasteiger partial charge is 0.229 e. The molecule has 1 unspecified atom stereocenters. The van der Waals surface area contributed by atoms with Gasteiger partial charge in [-0.1, -0.05) is 11.6 Å². The molecule has 1 N–H and O–H groups in total. The average molecular weight is 195 g/mol. The molecule has 0 spiro atoms. The second-order valence-corrected chi connectivity index (χ2v) is 4.07. The molecular weight excluding hydrogens is 178 g/mol. The number of hydrogen-bond donors (Lipinski definition) is 1. The zero-order valence-corrected chi connectivity index (χ0v) is 8.79. The lowest BCUT2D eigenvalue weighted by Gasteiger charge is -2.20. The summed E-state index contributed by atoms with van der Waals surface area (Å²) < 4.78 is 5.23. The number of likely N-dealkylation sites (N-methyl/N-ethyl adjacent to an activating group) is 1. The van der Waals surface area contributed by atoms with Gasteiger partial charge in [0.25, 0.3) is 0 Å². The van der Waals surface area contributed by atoms with Crippen molar-refractivity contribution in [3.8, 4) is 0 Å². The Morgan fingerprint density at radius 2 is 2.36 bits per heavy atom. The first-order valence-electron chi connectivity index (χ1n) is 5.29. The van der Waals surface area contributed by atoms with Crippen molar-refractivity contribution < 1.29 is 4.52 Å². The normalized spacial score (nSPS) is 19.3. The third kappa shape index (κ3) is 1.95. The van der Waals surface area contributed by atoms with E-state index >= 15 is 0 Å². The second-order valence-electron chi connectivity index (χ2n) is 4.07. The van der Waals surface area contributed by atoms with Gasteiger partial charge in [0.05, 0.1) is 0 Å². The van der Waals surface area contributed by atoms with E-state index in [4.69, 9.17) is 4.52 Å². The molecule has 0 aromatic carbocycles. The molecule has 0 aliphatic heterocycles. The third-order valence-electron chi connectivity index (χ3n) is 2.92. The molecule has 1 aliphatic rings. The number of hydrogen-bond acceptors (Lipinski definition) is 4. The zero-order chi connectivity index (χ0) is 9.97. The van der Waals surface area contributed by atoms with Crippen molar-refractivity contribution in [2.45, 2.75) is 44.6 Å². The maximum atomic E-state index is 5.23. The summed E-state index contributed by atoms with van der Waals surface area (Å²) in [6, 6.07) is 0.404. The summed E-state index contributed by atoms with van der Waals surface area (Å²) in [5, 5.41) is 7.14. The Labute approximate surface area is 84.1 Å². The van der Waals surface area contributed by atoms with Crippen LogP contribution in [0.4, 0.5) is 0 Å². The molecule has 4 nitrogen and oxygen atoms in total. The summed E-state index contributed by atoms with van der Waals surface area (Å²) >= 11 is 0. The van der Waals surface area contributed by atoms with Crippen molar-refractivity contribution in [3.63, 3.8) is 0 Å². The fourth-order valence-corrected chi connectivity index (χ4v) is 1.55. The van der Waals surface area contributed by atoms with Crippen LogP contribution in [0.1, 0.15) is 43.8 Å². The fraction of sp³-hybridized carbons (Fsp3) is 0.800. The fourth-order valence-electron chi connectivity index (χ4n) is 1.55. The number of nitrogens with zero attached hydrogens (tertiary/aromatic N) is 2. The number of rotatable bonds is 4. The molecule has 1 heterocycles. The van der Waals surface area contributed by atoms with Crippen molar-refractivity contribution in [3.05, 3.63) is 11.7 Å². The van der Waals surface area contributed by atoms with E-state index in [1.807, 2.05) is 7.05 Å². The molecule has 1 aromatic rings. The molecule has 2 rings (SSSR count). The summed E-state index contributed by atoms with van der Waals surface area (Å²) in [4.78, 5) is 4.40. The molecule has 1 aliphatic carbocycles. The topological polar surface area (TPSA) is 51.0 Å². The lowest BCUT2D eigenvalue weighted by molar-refractivity contribution is 0.290. The van der Waals surface area contributed by atoms with Crippen LogP contribution < -0.4 is 5.32 Å². The van der Waals surface area contributed by atoms with Crippen LogP contribution in [-0.4, -0.2) is 23.2 Å². The molecule has 0 radical (unpaired) electrons. The predicted octanol–water partition coefficient (Wildman–Crippen LogP) is 1.49. The largest absolute Gasteiger partial charge is 0.339 e. The van der Waals surface area contributed by atoms with Crippen LogP contribution in [0, 0.1) is 0 Å². The third-order valence-corrected chi connectivity index (χ3v) is 2.92. The quantitative estimate of drug-likeness (QED) is 0.790. The highest BCUT2D eigenvalue weighted by Crippen LogP contribution is 2.35. The van der Waals surface area contributed by atoms with Crippen molar-refractivity contribution in [1.82, 2.24) is 15.5 Å². The van der Waals surface area contributed by atoms with E-state index in [-0.39, 0.29) is 0 Å². The Kier molecular flexibility index (Phi) is 2.82. The lowest BCUT2D eigenvalue weighted by atomic mass is 9.85. The average Bonchev–Trinajstić information content (AvgIpc) is 2.50. The van der Waals surface area contributed by atoms with Gasteiger partial charge in [0.2, 0.25) is 5.89 Å². The van der Waals surface area contributed by atoms with Crippen LogP contribution in [0.15, 0.2) is 4.52 Å². The Morgan fingerprint density at radius 3 is 2.93 bits per heavy atom. The number of nitrogens with one attached hydrogen (secondary N) is 1. The van der Waals surface area contributed by atoms with Gasteiger partial charge in [0, 0.05) is 18.4 Å². The van der Waals surface area contributed by atoms with Crippen LogP contribution in [0.25, 0.3) is 0 Å². The minimum Gasteiger partial charge on any atom is -0.339 e. The summed E-state index contributed by atoms with van der Waals surface area (Å²) in [6.07, 6.45) is 4.56. The molecule has 1 saturated carbocycles. The van der Waals surface area contributed by atoms with Crippen LogP contribution in [0.2, 0.25) is 0 Å². The molecule has 1 fully saturated rings. The van der Waals surface area contributed by atoms with E-state index in [9.17, 15) is 0 Å². The van der Waals surface area contributed by atoms with E-state index in [1.54, 1.807) is 0 Å². The Balaban J connectivity index is 1.95. The second kappa shape index (κ2) is 4.09. The SMILES string of the molecule is CNC(C)Cc1noc(C2CCC2)n1. The van der Waals surface area contributed by atoms with Gasteiger partial charge >= 0.3 is 0 Å². The molecule has 14 heavy (non-hydrogen) atoms. The van der Waals surface area contributed by atoms with Crippen molar-refractivity contribution in [2.75, 3.05) is 7.05 Å². The minimum absolute atomic E-state index is 0.404. The maximum Gasteiger partial charge on any atom is 0.229 e. The van der Waals surface area contributed by atoms with Gasteiger partial charge in [0.1, 0.15) is 0 Å². The first kappa shape index (κ1) is 9.65. The highest BCUT2D eigenvalue weighted by atomic mass is 16.5. The highest BCUT2D eigenvalue weighted by Gasteiger charge is 2.25. The lowest BCUT2D eigenvalue weighted by Crippen LogP contribution is -2.24. The summed E-state index contributed by atoms with van der Waals surface area (Å²) in [6.45, 7) is 2.11. The van der Waals surface area contributed by atoms with Crippen LogP contribution in [0.3, 0.4) is 0 Å². The van der Waals surface area contributed by atoms with Gasteiger partial charge in [-0.2, -0.15) is 4.98 Å². The van der Waals surface area contributed by atoms with E-state index in [0.717, 1.165) is 18.1 Å². The Bertz CT molecular complexity index is 293. The predicted molar refractivity (Wildman–Crippen MR) is 53.1 cm³/mol. The zero-order valence-electron chi connectivity index (χ0n) is 8.79. The Hall–Kier alpha value is -0.900. The van der Waals surface area contributed by atoms with Gasteiger partial charge in [-0.15, -0.1) is 0 Å². The van der Waals surface area contributed by atoms with E-state index in [0.29, 0.717) is 12.0 Å². The summed E-state index contributed by atoms with van der Waals surface area (Å²) in [5.74, 6) is 2.21. The molecule has 0 amide bonds. The van der Waals surface area contributed by atoms with Gasteiger partial charge in [-0.3, -0.25) is 0 Å². The molecule has 4 heteroatoms. The minimum atomic E-state index is 0.404. The monoisotopic (exact) mass is 195 g/mol. The standard InChI is InChI=1S/C10H17N3O/c1-7(11-2)6-9-12-10(14-13-9)8-4-3-5-8/h7-8,11H,3-6H2,1-2H3.